The molecule has 0 aliphatic rings. The van der Waals surface area contributed by atoms with Crippen LogP contribution in [0.2, 0.25) is 10.3 Å². The van der Waals surface area contributed by atoms with Crippen LogP contribution < -0.4 is 4.74 Å². The first-order valence-electron chi connectivity index (χ1n) is 7.32. The number of ether oxygens (including phenoxy) is 1. The number of hydrogen-bond acceptors (Lipinski definition) is 5. The van der Waals surface area contributed by atoms with Crippen molar-refractivity contribution in [3.05, 3.63) is 81.9 Å². The van der Waals surface area contributed by atoms with Crippen molar-refractivity contribution in [3.63, 3.8) is 0 Å². The fraction of sp³-hybridized carbons (Fsp3) is 0.167. The molecule has 6 nitrogen and oxygen atoms in total. The van der Waals surface area contributed by atoms with Gasteiger partial charge in [0.05, 0.1) is 12.5 Å². The summed E-state index contributed by atoms with van der Waals surface area (Å²) >= 11 is 16.6. The fourth-order valence-electron chi connectivity index (χ4n) is 1.70. The lowest BCUT2D eigenvalue weighted by Gasteiger charge is -2.06. The van der Waals surface area contributed by atoms with Gasteiger partial charge in [-0.1, -0.05) is 36.7 Å². The molecular weight excluding hydrogens is 428 g/mol. The van der Waals surface area contributed by atoms with Gasteiger partial charge >= 0.3 is 0 Å². The minimum absolute atomic E-state index is 0. The van der Waals surface area contributed by atoms with Crippen molar-refractivity contribution in [2.24, 2.45) is 0 Å². The van der Waals surface area contributed by atoms with E-state index in [1.165, 1.54) is 24.4 Å². The molecule has 10 heteroatoms. The highest BCUT2D eigenvalue weighted by Crippen LogP contribution is 2.23. The van der Waals surface area contributed by atoms with Gasteiger partial charge in [-0.2, -0.15) is 0 Å². The van der Waals surface area contributed by atoms with E-state index in [4.69, 9.17) is 46.1 Å². The van der Waals surface area contributed by atoms with Crippen LogP contribution in [-0.4, -0.2) is 19.9 Å². The van der Waals surface area contributed by atoms with Crippen molar-refractivity contribution in [2.75, 3.05) is 0 Å². The molecule has 0 aliphatic heterocycles. The quantitative estimate of drug-likeness (QED) is 0.286. The standard InChI is InChI=1S/C12H7ClFN3O.C5H4Cl2N2.CH4/c1-15-8-2-3-10(9(14)6-8)18-7-12-16-5-4-11(13)17-12;6-3-5-8-2-1-4(7)9-5;/h2-6H,7H2;1-2H,3H2;1H4. The lowest BCUT2D eigenvalue weighted by atomic mass is 10.3. The molecule has 0 unspecified atom stereocenters. The van der Waals surface area contributed by atoms with Gasteiger partial charge in [-0.3, -0.25) is 0 Å². The second-order valence-electron chi connectivity index (χ2n) is 4.74. The van der Waals surface area contributed by atoms with Crippen LogP contribution in [0, 0.1) is 12.4 Å². The summed E-state index contributed by atoms with van der Waals surface area (Å²) in [6.07, 6.45) is 3.07. The third-order valence-electron chi connectivity index (χ3n) is 2.86. The molecule has 28 heavy (non-hydrogen) atoms. The van der Waals surface area contributed by atoms with Gasteiger partial charge in [0.15, 0.2) is 23.1 Å². The Bertz CT molecular complexity index is 952. The number of nitrogens with zero attached hydrogens (tertiary/aromatic N) is 5. The molecule has 0 radical (unpaired) electrons. The lowest BCUT2D eigenvalue weighted by Crippen LogP contribution is -2.02. The van der Waals surface area contributed by atoms with E-state index in [-0.39, 0.29) is 25.5 Å². The molecule has 0 bridgehead atoms. The summed E-state index contributed by atoms with van der Waals surface area (Å²) in [5.74, 6) is 0.678. The predicted octanol–water partition coefficient (Wildman–Crippen LogP) is 5.90. The second kappa shape index (κ2) is 12.0. The van der Waals surface area contributed by atoms with Crippen LogP contribution in [0.15, 0.2) is 42.7 Å². The fourth-order valence-corrected chi connectivity index (χ4v) is 2.14. The van der Waals surface area contributed by atoms with E-state index in [9.17, 15) is 4.39 Å². The Hall–Kier alpha value is -2.53. The van der Waals surface area contributed by atoms with E-state index < -0.39 is 5.82 Å². The van der Waals surface area contributed by atoms with E-state index in [1.54, 1.807) is 12.3 Å². The molecule has 0 N–H and O–H groups in total. The van der Waals surface area contributed by atoms with Crippen LogP contribution in [0.3, 0.4) is 0 Å². The van der Waals surface area contributed by atoms with Crippen molar-refractivity contribution in [1.82, 2.24) is 19.9 Å². The highest BCUT2D eigenvalue weighted by atomic mass is 35.5. The van der Waals surface area contributed by atoms with E-state index in [2.05, 4.69) is 24.8 Å². The maximum atomic E-state index is 13.5. The van der Waals surface area contributed by atoms with Gasteiger partial charge in [0.1, 0.15) is 22.7 Å². The number of halogens is 4. The topological polar surface area (TPSA) is 65.2 Å². The Morgan fingerprint density at radius 2 is 1.61 bits per heavy atom. The maximum Gasteiger partial charge on any atom is 0.190 e. The average molecular weight is 443 g/mol. The minimum atomic E-state index is -0.592. The maximum absolute atomic E-state index is 13.5. The average Bonchev–Trinajstić information content (AvgIpc) is 2.67. The number of alkyl halides is 1. The van der Waals surface area contributed by atoms with Gasteiger partial charge in [0, 0.05) is 12.4 Å². The minimum Gasteiger partial charge on any atom is -0.483 e. The first-order valence-corrected chi connectivity index (χ1v) is 8.61. The lowest BCUT2D eigenvalue weighted by molar-refractivity contribution is 0.281. The Kier molecular flexibility index (Phi) is 10.1. The molecule has 0 aliphatic carbocycles. The Balaban J connectivity index is 0.000000332. The Morgan fingerprint density at radius 1 is 1.00 bits per heavy atom. The van der Waals surface area contributed by atoms with Crippen LogP contribution in [0.4, 0.5) is 10.1 Å². The molecule has 0 amide bonds. The third kappa shape index (κ3) is 7.61. The normalized spacial score (nSPS) is 9.39. The van der Waals surface area contributed by atoms with Crippen LogP contribution in [-0.2, 0) is 12.5 Å². The van der Waals surface area contributed by atoms with E-state index >= 15 is 0 Å². The summed E-state index contributed by atoms with van der Waals surface area (Å²) < 4.78 is 18.7. The van der Waals surface area contributed by atoms with Crippen molar-refractivity contribution in [2.45, 2.75) is 19.9 Å². The van der Waals surface area contributed by atoms with Crippen LogP contribution in [0.25, 0.3) is 4.85 Å². The monoisotopic (exact) mass is 441 g/mol. The first-order chi connectivity index (χ1) is 13.0. The summed E-state index contributed by atoms with van der Waals surface area (Å²) in [5.41, 5.74) is 0.221. The van der Waals surface area contributed by atoms with Crippen molar-refractivity contribution >= 4 is 40.5 Å². The smallest absolute Gasteiger partial charge is 0.190 e. The number of hydrogen-bond donors (Lipinski definition) is 0. The number of rotatable bonds is 4. The van der Waals surface area contributed by atoms with E-state index in [0.717, 1.165) is 6.07 Å². The molecule has 1 aromatic carbocycles. The van der Waals surface area contributed by atoms with Crippen LogP contribution >= 0.6 is 34.8 Å². The van der Waals surface area contributed by atoms with Gasteiger partial charge in [0.25, 0.3) is 0 Å². The summed E-state index contributed by atoms with van der Waals surface area (Å²) in [6, 6.07) is 7.13. The van der Waals surface area contributed by atoms with Gasteiger partial charge in [-0.25, -0.2) is 29.2 Å². The van der Waals surface area contributed by atoms with Crippen molar-refractivity contribution < 1.29 is 9.13 Å². The predicted molar refractivity (Wildman–Crippen MR) is 107 cm³/mol. The summed E-state index contributed by atoms with van der Waals surface area (Å²) in [5, 5.41) is 0.730. The summed E-state index contributed by atoms with van der Waals surface area (Å²) in [7, 11) is 0. The molecule has 0 spiro atoms. The molecule has 0 saturated carbocycles. The molecule has 2 heterocycles. The first kappa shape index (κ1) is 23.5. The van der Waals surface area contributed by atoms with Crippen molar-refractivity contribution in [1.29, 1.82) is 0 Å². The van der Waals surface area contributed by atoms with Gasteiger partial charge in [-0.05, 0) is 24.3 Å². The van der Waals surface area contributed by atoms with Crippen molar-refractivity contribution in [3.8, 4) is 5.75 Å². The third-order valence-corrected chi connectivity index (χ3v) is 3.52. The Morgan fingerprint density at radius 3 is 2.11 bits per heavy atom. The molecule has 3 rings (SSSR count). The molecule has 2 aromatic heterocycles. The SMILES string of the molecule is C.ClCc1nccc(Cl)n1.[C-]#[N+]c1ccc(OCc2nccc(Cl)n2)c(F)c1. The number of benzene rings is 1. The Labute approximate surface area is 177 Å². The van der Waals surface area contributed by atoms with E-state index in [0.29, 0.717) is 27.8 Å². The molecular formula is C18H15Cl3FN5O. The van der Waals surface area contributed by atoms with Gasteiger partial charge in [0.2, 0.25) is 0 Å². The highest BCUT2D eigenvalue weighted by molar-refractivity contribution is 6.29. The van der Waals surface area contributed by atoms with Crippen LogP contribution in [0.5, 0.6) is 5.75 Å². The molecule has 0 atom stereocenters. The molecule has 3 aromatic rings. The zero-order chi connectivity index (χ0) is 19.6. The largest absolute Gasteiger partial charge is 0.483 e. The van der Waals surface area contributed by atoms with Gasteiger partial charge in [-0.15, -0.1) is 11.6 Å². The number of aromatic nitrogens is 4. The van der Waals surface area contributed by atoms with Crippen LogP contribution in [0.1, 0.15) is 19.1 Å². The summed E-state index contributed by atoms with van der Waals surface area (Å²) in [4.78, 5) is 18.6. The van der Waals surface area contributed by atoms with Gasteiger partial charge < -0.3 is 4.74 Å². The highest BCUT2D eigenvalue weighted by Gasteiger charge is 2.06. The second-order valence-corrected chi connectivity index (χ2v) is 5.78. The summed E-state index contributed by atoms with van der Waals surface area (Å²) in [6.45, 7) is 6.76. The van der Waals surface area contributed by atoms with E-state index in [1.807, 2.05) is 0 Å². The zero-order valence-corrected chi connectivity index (χ0v) is 15.9. The zero-order valence-electron chi connectivity index (χ0n) is 13.6. The molecule has 0 fully saturated rings. The molecule has 0 saturated heterocycles. The molecule has 146 valence electrons.